The van der Waals surface area contributed by atoms with Gasteiger partial charge in [-0.1, -0.05) is 60.7 Å². The molecule has 0 radical (unpaired) electrons. The number of rotatable bonds is 5. The lowest BCUT2D eigenvalue weighted by Gasteiger charge is -2.10. The van der Waals surface area contributed by atoms with Crippen molar-refractivity contribution in [2.45, 2.75) is 0 Å². The number of benzene rings is 3. The van der Waals surface area contributed by atoms with Gasteiger partial charge in [0.2, 0.25) is 5.82 Å². The van der Waals surface area contributed by atoms with Crippen molar-refractivity contribution in [1.82, 2.24) is 0 Å². The van der Waals surface area contributed by atoms with Crippen molar-refractivity contribution in [1.29, 1.82) is 0 Å². The molecule has 0 atom stereocenters. The van der Waals surface area contributed by atoms with Crippen LogP contribution in [0.5, 0.6) is 0 Å². The molecule has 5 nitrogen and oxygen atoms in total. The summed E-state index contributed by atoms with van der Waals surface area (Å²) in [6, 6.07) is 21.6. The second-order valence-corrected chi connectivity index (χ2v) is 5.71. The van der Waals surface area contributed by atoms with E-state index in [0.717, 1.165) is 17.7 Å². The Bertz CT molecular complexity index is 1000. The zero-order valence-electron chi connectivity index (χ0n) is 14.1. The zero-order chi connectivity index (χ0) is 19.2. The number of carbonyl (C=O) groups excluding carboxylic acids is 1. The molecule has 0 aliphatic carbocycles. The zero-order valence-corrected chi connectivity index (χ0v) is 14.1. The standard InChI is InChI=1S/C21H15FN2O3/c22-19-12-11-17(14-20(19)24(26)27)23-21(25)18(16-9-5-2-6-10-16)13-15-7-3-1-4-8-15/h1-14H,(H,23,25)/b18-13-. The van der Waals surface area contributed by atoms with Crippen LogP contribution < -0.4 is 5.32 Å². The van der Waals surface area contributed by atoms with E-state index in [9.17, 15) is 19.3 Å². The lowest BCUT2D eigenvalue weighted by molar-refractivity contribution is -0.387. The molecule has 3 rings (SSSR count). The van der Waals surface area contributed by atoms with E-state index in [1.165, 1.54) is 6.07 Å². The largest absolute Gasteiger partial charge is 0.322 e. The second kappa shape index (κ2) is 8.05. The summed E-state index contributed by atoms with van der Waals surface area (Å²) in [7, 11) is 0. The highest BCUT2D eigenvalue weighted by Gasteiger charge is 2.17. The number of hydrogen-bond acceptors (Lipinski definition) is 3. The van der Waals surface area contributed by atoms with E-state index in [-0.39, 0.29) is 5.69 Å². The Kier molecular flexibility index (Phi) is 5.37. The topological polar surface area (TPSA) is 72.2 Å². The molecule has 0 aliphatic heterocycles. The molecule has 3 aromatic carbocycles. The quantitative estimate of drug-likeness (QED) is 0.303. The van der Waals surface area contributed by atoms with Gasteiger partial charge in [-0.25, -0.2) is 0 Å². The van der Waals surface area contributed by atoms with E-state index in [1.54, 1.807) is 18.2 Å². The van der Waals surface area contributed by atoms with Crippen LogP contribution in [0.1, 0.15) is 11.1 Å². The highest BCUT2D eigenvalue weighted by atomic mass is 19.1. The number of hydrogen-bond donors (Lipinski definition) is 1. The van der Waals surface area contributed by atoms with E-state index in [1.807, 2.05) is 48.5 Å². The number of carbonyl (C=O) groups is 1. The molecule has 27 heavy (non-hydrogen) atoms. The summed E-state index contributed by atoms with van der Waals surface area (Å²) in [6.45, 7) is 0. The van der Waals surface area contributed by atoms with Gasteiger partial charge in [-0.05, 0) is 29.3 Å². The van der Waals surface area contributed by atoms with E-state index in [4.69, 9.17) is 0 Å². The Morgan fingerprint density at radius 1 is 0.963 bits per heavy atom. The van der Waals surface area contributed by atoms with Crippen LogP contribution in [0.4, 0.5) is 15.8 Å². The van der Waals surface area contributed by atoms with Gasteiger partial charge in [0, 0.05) is 17.3 Å². The normalized spacial score (nSPS) is 11.1. The Balaban J connectivity index is 1.96. The van der Waals surface area contributed by atoms with Gasteiger partial charge in [-0.3, -0.25) is 14.9 Å². The fourth-order valence-corrected chi connectivity index (χ4v) is 2.54. The fourth-order valence-electron chi connectivity index (χ4n) is 2.54. The smallest absolute Gasteiger partial charge is 0.306 e. The Hall–Kier alpha value is -3.80. The van der Waals surface area contributed by atoms with Crippen molar-refractivity contribution in [2.75, 3.05) is 5.32 Å². The van der Waals surface area contributed by atoms with Crippen LogP contribution >= 0.6 is 0 Å². The summed E-state index contributed by atoms with van der Waals surface area (Å²) in [6.07, 6.45) is 1.72. The van der Waals surface area contributed by atoms with Gasteiger partial charge >= 0.3 is 5.69 Å². The molecule has 1 amide bonds. The number of anilines is 1. The summed E-state index contributed by atoms with van der Waals surface area (Å²) < 4.78 is 13.5. The molecule has 0 aromatic heterocycles. The van der Waals surface area contributed by atoms with Crippen LogP contribution in [0.3, 0.4) is 0 Å². The van der Waals surface area contributed by atoms with Crippen molar-refractivity contribution in [3.8, 4) is 0 Å². The minimum Gasteiger partial charge on any atom is -0.322 e. The lowest BCUT2D eigenvalue weighted by Crippen LogP contribution is -2.14. The molecule has 0 saturated carbocycles. The molecule has 0 heterocycles. The number of amides is 1. The minimum atomic E-state index is -0.957. The maximum atomic E-state index is 13.5. The van der Waals surface area contributed by atoms with E-state index in [0.29, 0.717) is 11.1 Å². The van der Waals surface area contributed by atoms with Crippen molar-refractivity contribution < 1.29 is 14.1 Å². The fraction of sp³-hybridized carbons (Fsp3) is 0. The number of nitro benzene ring substituents is 1. The molecule has 0 saturated heterocycles. The SMILES string of the molecule is O=C(Nc1ccc(F)c([N+](=O)[O-])c1)/C(=C\c1ccccc1)c1ccccc1. The third kappa shape index (κ3) is 4.43. The summed E-state index contributed by atoms with van der Waals surface area (Å²) in [5.74, 6) is -1.41. The van der Waals surface area contributed by atoms with Crippen LogP contribution in [0.2, 0.25) is 0 Å². The number of halogens is 1. The summed E-state index contributed by atoms with van der Waals surface area (Å²) in [4.78, 5) is 22.9. The Morgan fingerprint density at radius 3 is 2.22 bits per heavy atom. The second-order valence-electron chi connectivity index (χ2n) is 5.71. The predicted molar refractivity (Wildman–Crippen MR) is 102 cm³/mol. The predicted octanol–water partition coefficient (Wildman–Crippen LogP) is 4.91. The van der Waals surface area contributed by atoms with Gasteiger partial charge in [0.15, 0.2) is 0 Å². The highest BCUT2D eigenvalue weighted by Crippen LogP contribution is 2.24. The van der Waals surface area contributed by atoms with Crippen LogP contribution in [0.25, 0.3) is 11.6 Å². The van der Waals surface area contributed by atoms with Crippen molar-refractivity contribution in [3.63, 3.8) is 0 Å². The maximum Gasteiger partial charge on any atom is 0.306 e. The lowest BCUT2D eigenvalue weighted by atomic mass is 10.0. The molecular weight excluding hydrogens is 347 g/mol. The molecule has 0 bridgehead atoms. The van der Waals surface area contributed by atoms with E-state index in [2.05, 4.69) is 5.32 Å². The summed E-state index contributed by atoms with van der Waals surface area (Å²) in [5.41, 5.74) is 1.35. The van der Waals surface area contributed by atoms with Crippen LogP contribution in [-0.4, -0.2) is 10.8 Å². The third-order valence-corrected chi connectivity index (χ3v) is 3.84. The average Bonchev–Trinajstić information content (AvgIpc) is 2.69. The highest BCUT2D eigenvalue weighted by molar-refractivity contribution is 6.29. The van der Waals surface area contributed by atoms with Gasteiger partial charge in [0.05, 0.1) is 4.92 Å². The molecule has 1 N–H and O–H groups in total. The van der Waals surface area contributed by atoms with Crippen LogP contribution in [0.15, 0.2) is 78.9 Å². The summed E-state index contributed by atoms with van der Waals surface area (Å²) in [5, 5.41) is 13.5. The minimum absolute atomic E-state index is 0.142. The first kappa shape index (κ1) is 18.0. The maximum absolute atomic E-state index is 13.5. The molecule has 6 heteroatoms. The summed E-state index contributed by atoms with van der Waals surface area (Å²) >= 11 is 0. The van der Waals surface area contributed by atoms with Gasteiger partial charge in [0.25, 0.3) is 5.91 Å². The molecule has 0 fully saturated rings. The Morgan fingerprint density at radius 2 is 1.59 bits per heavy atom. The first-order valence-corrected chi connectivity index (χ1v) is 8.12. The molecular formula is C21H15FN2O3. The monoisotopic (exact) mass is 362 g/mol. The van der Waals surface area contributed by atoms with Crippen LogP contribution in [-0.2, 0) is 4.79 Å². The first-order valence-electron chi connectivity index (χ1n) is 8.12. The molecule has 134 valence electrons. The van der Waals surface area contributed by atoms with E-state index >= 15 is 0 Å². The number of nitrogens with one attached hydrogen (secondary N) is 1. The van der Waals surface area contributed by atoms with Crippen molar-refractivity contribution >= 4 is 28.9 Å². The van der Waals surface area contributed by atoms with Gasteiger partial charge < -0.3 is 5.32 Å². The third-order valence-electron chi connectivity index (χ3n) is 3.84. The van der Waals surface area contributed by atoms with Crippen LogP contribution in [0, 0.1) is 15.9 Å². The number of nitro groups is 1. The molecule has 0 unspecified atom stereocenters. The molecule has 3 aromatic rings. The molecule has 0 spiro atoms. The van der Waals surface area contributed by atoms with E-state index < -0.39 is 22.3 Å². The van der Waals surface area contributed by atoms with Gasteiger partial charge in [-0.15, -0.1) is 0 Å². The first-order chi connectivity index (χ1) is 13.0. The van der Waals surface area contributed by atoms with Crippen molar-refractivity contribution in [3.05, 3.63) is 106 Å². The van der Waals surface area contributed by atoms with Crippen molar-refractivity contribution in [2.24, 2.45) is 0 Å². The Labute approximate surface area is 154 Å². The van der Waals surface area contributed by atoms with Gasteiger partial charge in [0.1, 0.15) is 0 Å². The average molecular weight is 362 g/mol. The number of nitrogens with zero attached hydrogens (tertiary/aromatic N) is 1. The molecule has 0 aliphatic rings. The van der Waals surface area contributed by atoms with Gasteiger partial charge in [-0.2, -0.15) is 4.39 Å².